The number of phenols is 1. The van der Waals surface area contributed by atoms with E-state index < -0.39 is 9.84 Å². The van der Waals surface area contributed by atoms with Crippen molar-refractivity contribution in [1.29, 1.82) is 0 Å². The molecule has 0 radical (unpaired) electrons. The first-order valence-electron chi connectivity index (χ1n) is 10.2. The smallest absolute Gasteiger partial charge is 0.255 e. The van der Waals surface area contributed by atoms with Crippen molar-refractivity contribution in [1.82, 2.24) is 0 Å². The van der Waals surface area contributed by atoms with Crippen LogP contribution in [0.25, 0.3) is 0 Å². The third-order valence-corrected chi connectivity index (χ3v) is 7.29. The van der Waals surface area contributed by atoms with Gasteiger partial charge in [-0.2, -0.15) is 0 Å². The highest BCUT2D eigenvalue weighted by molar-refractivity contribution is 7.91. The van der Waals surface area contributed by atoms with E-state index >= 15 is 0 Å². The first-order chi connectivity index (χ1) is 15.1. The van der Waals surface area contributed by atoms with Crippen LogP contribution in [0, 0.1) is 13.8 Å². The van der Waals surface area contributed by atoms with Crippen molar-refractivity contribution in [2.45, 2.75) is 43.4 Å². The number of amides is 1. The number of carbonyl (C=O) groups is 1. The maximum absolute atomic E-state index is 13.5. The normalized spacial score (nSPS) is 11.4. The maximum atomic E-state index is 13.5. The summed E-state index contributed by atoms with van der Waals surface area (Å²) in [4.78, 5) is 12.6. The van der Waals surface area contributed by atoms with Crippen LogP contribution >= 0.6 is 0 Å². The predicted molar refractivity (Wildman–Crippen MR) is 125 cm³/mol. The maximum Gasteiger partial charge on any atom is 0.255 e. The zero-order valence-corrected chi connectivity index (χ0v) is 19.6. The second kappa shape index (κ2) is 9.04. The fraction of sp³-hybridized carbons (Fsp3) is 0.240. The molecule has 0 bridgehead atoms. The molecule has 0 saturated heterocycles. The van der Waals surface area contributed by atoms with Crippen LogP contribution < -0.4 is 10.1 Å². The Morgan fingerprint density at radius 2 is 1.59 bits per heavy atom. The van der Waals surface area contributed by atoms with Crippen LogP contribution in [-0.4, -0.2) is 26.5 Å². The summed E-state index contributed by atoms with van der Waals surface area (Å²) in [6.45, 7) is 7.20. The van der Waals surface area contributed by atoms with Gasteiger partial charge in [0.05, 0.1) is 12.0 Å². The molecule has 2 N–H and O–H groups in total. The number of anilines is 1. The molecule has 0 aromatic heterocycles. The Labute approximate surface area is 188 Å². The van der Waals surface area contributed by atoms with Gasteiger partial charge in [-0.1, -0.05) is 31.5 Å². The molecule has 0 fully saturated rings. The summed E-state index contributed by atoms with van der Waals surface area (Å²) >= 11 is 0. The van der Waals surface area contributed by atoms with E-state index in [1.165, 1.54) is 19.2 Å². The van der Waals surface area contributed by atoms with E-state index in [4.69, 9.17) is 4.74 Å². The van der Waals surface area contributed by atoms with Gasteiger partial charge in [0.15, 0.2) is 0 Å². The van der Waals surface area contributed by atoms with Crippen molar-refractivity contribution in [3.63, 3.8) is 0 Å². The van der Waals surface area contributed by atoms with Crippen molar-refractivity contribution >= 4 is 21.4 Å². The molecule has 1 amide bonds. The first kappa shape index (κ1) is 23.3. The molecule has 0 saturated carbocycles. The van der Waals surface area contributed by atoms with Gasteiger partial charge in [-0.15, -0.1) is 0 Å². The summed E-state index contributed by atoms with van der Waals surface area (Å²) in [5.41, 5.74) is 2.51. The Bertz CT molecular complexity index is 1240. The number of benzene rings is 3. The summed E-state index contributed by atoms with van der Waals surface area (Å²) in [6, 6.07) is 14.7. The Hall–Kier alpha value is -3.32. The van der Waals surface area contributed by atoms with Crippen LogP contribution in [0.1, 0.15) is 46.8 Å². The minimum Gasteiger partial charge on any atom is -0.506 e. The Balaban J connectivity index is 2.14. The van der Waals surface area contributed by atoms with Gasteiger partial charge in [0.1, 0.15) is 16.4 Å². The van der Waals surface area contributed by atoms with Gasteiger partial charge in [0.25, 0.3) is 5.91 Å². The monoisotopic (exact) mass is 453 g/mol. The van der Waals surface area contributed by atoms with Gasteiger partial charge in [-0.05, 0) is 73.4 Å². The number of rotatable bonds is 6. The number of nitrogens with one attached hydrogen (secondary N) is 1. The molecule has 0 aliphatic rings. The van der Waals surface area contributed by atoms with E-state index in [-0.39, 0.29) is 32.9 Å². The molecule has 32 heavy (non-hydrogen) atoms. The number of aromatic hydroxyl groups is 1. The lowest BCUT2D eigenvalue weighted by molar-refractivity contribution is 0.102. The molecule has 0 aliphatic carbocycles. The van der Waals surface area contributed by atoms with E-state index in [9.17, 15) is 18.3 Å². The van der Waals surface area contributed by atoms with Crippen LogP contribution in [0.15, 0.2) is 64.4 Å². The lowest BCUT2D eigenvalue weighted by Crippen LogP contribution is -2.15. The molecule has 0 atom stereocenters. The number of phenolic OH excluding ortho intramolecular Hbond substituents is 1. The average molecular weight is 454 g/mol. The molecule has 168 valence electrons. The average Bonchev–Trinajstić information content (AvgIpc) is 2.75. The molecule has 0 aliphatic heterocycles. The van der Waals surface area contributed by atoms with Crippen molar-refractivity contribution in [3.8, 4) is 11.5 Å². The minimum absolute atomic E-state index is 0.0217. The molecular weight excluding hydrogens is 426 g/mol. The Morgan fingerprint density at radius 1 is 1.00 bits per heavy atom. The highest BCUT2D eigenvalue weighted by Gasteiger charge is 2.29. The molecule has 3 aromatic rings. The molecular formula is C25H27NO5S. The second-order valence-electron chi connectivity index (χ2n) is 7.97. The molecule has 0 spiro atoms. The van der Waals surface area contributed by atoms with Crippen molar-refractivity contribution in [2.24, 2.45) is 0 Å². The summed E-state index contributed by atoms with van der Waals surface area (Å²) in [6.07, 6.45) is 0. The number of ether oxygens (including phenoxy) is 1. The highest BCUT2D eigenvalue weighted by atomic mass is 32.2. The standard InChI is InChI=1S/C25H27NO5S/c1-15(2)21-14-22(26-25(28)18-8-6-16(3)7-9-18)17(4)24(23(21)27)32(29,30)20-12-10-19(31-5)11-13-20/h6-15,27H,1-5H3,(H,26,28). The number of methoxy groups -OCH3 is 1. The van der Waals surface area contributed by atoms with Crippen molar-refractivity contribution < 1.29 is 23.1 Å². The van der Waals surface area contributed by atoms with Crippen molar-refractivity contribution in [3.05, 3.63) is 76.9 Å². The predicted octanol–water partition coefficient (Wildman–Crippen LogP) is 5.23. The number of carbonyl (C=O) groups excluding carboxylic acids is 1. The van der Waals surface area contributed by atoms with E-state index in [0.717, 1.165) is 5.56 Å². The summed E-state index contributed by atoms with van der Waals surface area (Å²) in [5.74, 6) is -0.315. The number of hydrogen-bond acceptors (Lipinski definition) is 5. The van der Waals surface area contributed by atoms with Crippen LogP contribution in [0.3, 0.4) is 0 Å². The van der Waals surface area contributed by atoms with Gasteiger partial charge in [0.2, 0.25) is 9.84 Å². The SMILES string of the molecule is COc1ccc(S(=O)(=O)c2c(C)c(NC(=O)c3ccc(C)cc3)cc(C(C)C)c2O)cc1. The fourth-order valence-corrected chi connectivity index (χ4v) is 5.05. The lowest BCUT2D eigenvalue weighted by atomic mass is 9.98. The fourth-order valence-electron chi connectivity index (χ4n) is 3.43. The summed E-state index contributed by atoms with van der Waals surface area (Å²) in [7, 11) is -2.57. The summed E-state index contributed by atoms with van der Waals surface area (Å²) < 4.78 is 32.1. The third-order valence-electron chi connectivity index (χ3n) is 5.36. The van der Waals surface area contributed by atoms with Gasteiger partial charge >= 0.3 is 0 Å². The zero-order chi connectivity index (χ0) is 23.6. The Kier molecular flexibility index (Phi) is 6.60. The zero-order valence-electron chi connectivity index (χ0n) is 18.8. The first-order valence-corrected chi connectivity index (χ1v) is 11.7. The minimum atomic E-state index is -4.07. The number of aryl methyl sites for hydroxylation is 1. The molecule has 3 rings (SSSR count). The highest BCUT2D eigenvalue weighted by Crippen LogP contribution is 2.41. The van der Waals surface area contributed by atoms with Crippen LogP contribution in [0.2, 0.25) is 0 Å². The second-order valence-corrected chi connectivity index (χ2v) is 9.86. The Morgan fingerprint density at radius 3 is 2.12 bits per heavy atom. The molecule has 7 heteroatoms. The van der Waals surface area contributed by atoms with Crippen molar-refractivity contribution in [2.75, 3.05) is 12.4 Å². The summed E-state index contributed by atoms with van der Waals surface area (Å²) in [5, 5.41) is 13.7. The number of sulfone groups is 1. The van der Waals surface area contributed by atoms with Gasteiger partial charge < -0.3 is 15.2 Å². The van der Waals surface area contributed by atoms with E-state index in [2.05, 4.69) is 5.32 Å². The van der Waals surface area contributed by atoms with E-state index in [1.807, 2.05) is 32.9 Å². The lowest BCUT2D eigenvalue weighted by Gasteiger charge is -2.20. The van der Waals surface area contributed by atoms with Gasteiger partial charge in [-0.25, -0.2) is 8.42 Å². The van der Waals surface area contributed by atoms with E-state index in [1.54, 1.807) is 37.3 Å². The molecule has 0 heterocycles. The molecule has 3 aromatic carbocycles. The number of hydrogen-bond donors (Lipinski definition) is 2. The van der Waals surface area contributed by atoms with Gasteiger partial charge in [-0.3, -0.25) is 4.79 Å². The molecule has 0 unspecified atom stereocenters. The van der Waals surface area contributed by atoms with Crippen LogP contribution in [-0.2, 0) is 9.84 Å². The largest absolute Gasteiger partial charge is 0.506 e. The quantitative estimate of drug-likeness (QED) is 0.499. The molecule has 6 nitrogen and oxygen atoms in total. The van der Waals surface area contributed by atoms with Gasteiger partial charge in [0, 0.05) is 11.3 Å². The third kappa shape index (κ3) is 4.48. The van der Waals surface area contributed by atoms with Crippen LogP contribution in [0.4, 0.5) is 5.69 Å². The van der Waals surface area contributed by atoms with E-state index in [0.29, 0.717) is 22.6 Å². The topological polar surface area (TPSA) is 92.7 Å². The van der Waals surface area contributed by atoms with Crippen LogP contribution in [0.5, 0.6) is 11.5 Å².